The van der Waals surface area contributed by atoms with Gasteiger partial charge in [0.2, 0.25) is 0 Å². The van der Waals surface area contributed by atoms with Crippen molar-refractivity contribution in [2.75, 3.05) is 6.61 Å². The van der Waals surface area contributed by atoms with Crippen LogP contribution in [0, 0.1) is 17.0 Å². The Morgan fingerprint density at radius 3 is 2.42 bits per heavy atom. The second kappa shape index (κ2) is 10.4. The lowest BCUT2D eigenvalue weighted by atomic mass is 10.1. The molecule has 0 unspecified atom stereocenters. The predicted octanol–water partition coefficient (Wildman–Crippen LogP) is 3.46. The molecule has 0 spiro atoms. The van der Waals surface area contributed by atoms with Gasteiger partial charge in [-0.3, -0.25) is 19.7 Å². The molecule has 0 fully saturated rings. The third-order valence-corrected chi connectivity index (χ3v) is 3.44. The van der Waals surface area contributed by atoms with Crippen LogP contribution in [0.4, 0.5) is 5.69 Å². The molecule has 0 heterocycles. The molecule has 0 aliphatic heterocycles. The van der Waals surface area contributed by atoms with Gasteiger partial charge in [-0.1, -0.05) is 31.9 Å². The fourth-order valence-electron chi connectivity index (χ4n) is 2.14. The molecule has 0 saturated carbocycles. The van der Waals surface area contributed by atoms with Crippen molar-refractivity contribution >= 4 is 17.6 Å². The van der Waals surface area contributed by atoms with Crippen molar-refractivity contribution in [3.05, 3.63) is 39.4 Å². The number of rotatable bonds is 10. The predicted molar refractivity (Wildman–Crippen MR) is 87.3 cm³/mol. The lowest BCUT2D eigenvalue weighted by Gasteiger charge is -2.07. The second-order valence-corrected chi connectivity index (χ2v) is 5.43. The van der Waals surface area contributed by atoms with Gasteiger partial charge in [0.25, 0.3) is 5.69 Å². The molecule has 132 valence electrons. The summed E-state index contributed by atoms with van der Waals surface area (Å²) in [6.07, 6.45) is 2.68. The number of nitro groups is 1. The molecule has 1 aromatic rings. The fraction of sp³-hybridized carbons (Fsp3) is 0.529. The zero-order chi connectivity index (χ0) is 17.9. The summed E-state index contributed by atoms with van der Waals surface area (Å²) in [6.45, 7) is 3.84. The van der Waals surface area contributed by atoms with Crippen LogP contribution in [0.15, 0.2) is 18.2 Å². The van der Waals surface area contributed by atoms with Gasteiger partial charge in [-0.2, -0.15) is 0 Å². The van der Waals surface area contributed by atoms with Crippen LogP contribution in [-0.2, 0) is 25.7 Å². The minimum atomic E-state index is -0.587. The normalized spacial score (nSPS) is 10.2. The van der Waals surface area contributed by atoms with Crippen LogP contribution in [0.25, 0.3) is 0 Å². The number of carbonyl (C=O) groups is 2. The first kappa shape index (κ1) is 19.6. The van der Waals surface area contributed by atoms with Crippen molar-refractivity contribution in [1.82, 2.24) is 0 Å². The van der Waals surface area contributed by atoms with Crippen LogP contribution in [0.5, 0.6) is 0 Å². The van der Waals surface area contributed by atoms with Crippen molar-refractivity contribution < 1.29 is 24.0 Å². The Morgan fingerprint density at radius 1 is 1.12 bits per heavy atom. The summed E-state index contributed by atoms with van der Waals surface area (Å²) in [5, 5.41) is 11.1. The molecule has 24 heavy (non-hydrogen) atoms. The van der Waals surface area contributed by atoms with Crippen LogP contribution >= 0.6 is 0 Å². The molecule has 0 aromatic heterocycles. The van der Waals surface area contributed by atoms with E-state index >= 15 is 0 Å². The van der Waals surface area contributed by atoms with E-state index in [2.05, 4.69) is 6.92 Å². The van der Waals surface area contributed by atoms with Crippen LogP contribution in [0.1, 0.15) is 50.2 Å². The summed E-state index contributed by atoms with van der Waals surface area (Å²) in [5.41, 5.74) is 0.778. The molecule has 0 aliphatic rings. The third-order valence-electron chi connectivity index (χ3n) is 3.44. The molecular weight excluding hydrogens is 314 g/mol. The zero-order valence-corrected chi connectivity index (χ0v) is 14.1. The highest BCUT2D eigenvalue weighted by molar-refractivity contribution is 5.77. The molecule has 0 saturated heterocycles. The van der Waals surface area contributed by atoms with Gasteiger partial charge < -0.3 is 9.47 Å². The Kier molecular flexibility index (Phi) is 8.46. The van der Waals surface area contributed by atoms with Crippen LogP contribution < -0.4 is 0 Å². The summed E-state index contributed by atoms with van der Waals surface area (Å²) in [6, 6.07) is 4.83. The number of carbonyl (C=O) groups excluding carboxylic acids is 2. The highest BCUT2D eigenvalue weighted by atomic mass is 16.6. The summed E-state index contributed by atoms with van der Waals surface area (Å²) < 4.78 is 10.0. The number of hydrogen-bond donors (Lipinski definition) is 0. The first-order chi connectivity index (χ1) is 11.5. The average Bonchev–Trinajstić information content (AvgIpc) is 2.54. The van der Waals surface area contributed by atoms with E-state index < -0.39 is 16.9 Å². The van der Waals surface area contributed by atoms with Crippen molar-refractivity contribution in [1.29, 1.82) is 0 Å². The van der Waals surface area contributed by atoms with Crippen LogP contribution in [-0.4, -0.2) is 23.5 Å². The van der Waals surface area contributed by atoms with E-state index in [4.69, 9.17) is 9.47 Å². The Labute approximate surface area is 141 Å². The molecule has 0 radical (unpaired) electrons. The minimum Gasteiger partial charge on any atom is -0.466 e. The van der Waals surface area contributed by atoms with Crippen molar-refractivity contribution in [3.8, 4) is 0 Å². The van der Waals surface area contributed by atoms with Gasteiger partial charge in [0, 0.05) is 5.56 Å². The molecule has 0 N–H and O–H groups in total. The summed E-state index contributed by atoms with van der Waals surface area (Å²) in [5.74, 6) is -1.03. The maximum Gasteiger partial charge on any atom is 0.306 e. The molecule has 7 heteroatoms. The van der Waals surface area contributed by atoms with Gasteiger partial charge in [-0.15, -0.1) is 0 Å². The fourth-order valence-corrected chi connectivity index (χ4v) is 2.14. The number of esters is 2. The zero-order valence-electron chi connectivity index (χ0n) is 14.1. The monoisotopic (exact) mass is 337 g/mol. The molecule has 0 amide bonds. The highest BCUT2D eigenvalue weighted by Crippen LogP contribution is 2.23. The molecule has 1 rings (SSSR count). The Balaban J connectivity index is 2.38. The lowest BCUT2D eigenvalue weighted by Crippen LogP contribution is -2.11. The molecule has 7 nitrogen and oxygen atoms in total. The summed E-state index contributed by atoms with van der Waals surface area (Å²) in [4.78, 5) is 33.7. The number of unbranched alkanes of at least 4 members (excludes halogenated alkanes) is 2. The first-order valence-corrected chi connectivity index (χ1v) is 7.99. The SMILES string of the molecule is CCCCCOC(=O)CCC(=O)OCc1cccc(C)c1[N+](=O)[O-]. The number of para-hydroxylation sites is 1. The standard InChI is InChI=1S/C17H23NO6/c1-3-4-5-11-23-15(19)9-10-16(20)24-12-14-8-6-7-13(2)17(14)18(21)22/h6-8H,3-5,9-12H2,1-2H3. The molecule has 0 atom stereocenters. The number of aryl methyl sites for hydroxylation is 1. The molecule has 1 aromatic carbocycles. The molecule has 0 bridgehead atoms. The highest BCUT2D eigenvalue weighted by Gasteiger charge is 2.18. The number of nitrogens with zero attached hydrogens (tertiary/aromatic N) is 1. The first-order valence-electron chi connectivity index (χ1n) is 7.99. The number of hydrogen-bond acceptors (Lipinski definition) is 6. The number of benzene rings is 1. The number of nitro benzene ring substituents is 1. The minimum absolute atomic E-state index is 0.0547. The number of ether oxygens (including phenoxy) is 2. The average molecular weight is 337 g/mol. The van der Waals surface area contributed by atoms with Gasteiger partial charge >= 0.3 is 11.9 Å². The molecule has 0 aliphatic carbocycles. The van der Waals surface area contributed by atoms with Crippen LogP contribution in [0.3, 0.4) is 0 Å². The second-order valence-electron chi connectivity index (χ2n) is 5.43. The summed E-state index contributed by atoms with van der Waals surface area (Å²) >= 11 is 0. The van der Waals surface area contributed by atoms with Crippen molar-refractivity contribution in [2.24, 2.45) is 0 Å². The van der Waals surface area contributed by atoms with E-state index in [0.717, 1.165) is 19.3 Å². The van der Waals surface area contributed by atoms with Gasteiger partial charge in [-0.25, -0.2) is 0 Å². The largest absolute Gasteiger partial charge is 0.466 e. The van der Waals surface area contributed by atoms with E-state index in [1.165, 1.54) is 0 Å². The summed E-state index contributed by atoms with van der Waals surface area (Å²) in [7, 11) is 0. The third kappa shape index (κ3) is 6.76. The van der Waals surface area contributed by atoms with E-state index in [-0.39, 0.29) is 25.1 Å². The Morgan fingerprint density at radius 2 is 1.79 bits per heavy atom. The van der Waals surface area contributed by atoms with Crippen LogP contribution in [0.2, 0.25) is 0 Å². The van der Waals surface area contributed by atoms with Crippen molar-refractivity contribution in [2.45, 2.75) is 52.6 Å². The van der Waals surface area contributed by atoms with Gasteiger partial charge in [0.05, 0.1) is 29.9 Å². The smallest absolute Gasteiger partial charge is 0.306 e. The Hall–Kier alpha value is -2.44. The lowest BCUT2D eigenvalue weighted by molar-refractivity contribution is -0.386. The van der Waals surface area contributed by atoms with Gasteiger partial charge in [-0.05, 0) is 19.4 Å². The molecular formula is C17H23NO6. The Bertz CT molecular complexity index is 584. The maximum atomic E-state index is 11.7. The van der Waals surface area contributed by atoms with E-state index in [9.17, 15) is 19.7 Å². The van der Waals surface area contributed by atoms with E-state index in [0.29, 0.717) is 17.7 Å². The van der Waals surface area contributed by atoms with E-state index in [1.54, 1.807) is 25.1 Å². The quantitative estimate of drug-likeness (QED) is 0.281. The van der Waals surface area contributed by atoms with E-state index in [1.807, 2.05) is 0 Å². The van der Waals surface area contributed by atoms with Gasteiger partial charge in [0.15, 0.2) is 0 Å². The van der Waals surface area contributed by atoms with Gasteiger partial charge in [0.1, 0.15) is 6.61 Å². The topological polar surface area (TPSA) is 95.7 Å². The van der Waals surface area contributed by atoms with Crippen molar-refractivity contribution in [3.63, 3.8) is 0 Å². The maximum absolute atomic E-state index is 11.7.